The van der Waals surface area contributed by atoms with Gasteiger partial charge in [0.25, 0.3) is 0 Å². The molecule has 1 saturated heterocycles. The van der Waals surface area contributed by atoms with Crippen molar-refractivity contribution in [2.45, 2.75) is 25.7 Å². The van der Waals surface area contributed by atoms with Crippen LogP contribution in [0.5, 0.6) is 0 Å². The maximum absolute atomic E-state index is 11.0. The van der Waals surface area contributed by atoms with E-state index >= 15 is 0 Å². The molecule has 2 atom stereocenters. The largest absolute Gasteiger partial charge is 0.481 e. The second-order valence-corrected chi connectivity index (χ2v) is 5.31. The third-order valence-electron chi connectivity index (χ3n) is 3.47. The van der Waals surface area contributed by atoms with Gasteiger partial charge in [0.2, 0.25) is 0 Å². The molecule has 2 fully saturated rings. The Hall–Kier alpha value is -0.180. The van der Waals surface area contributed by atoms with Crippen molar-refractivity contribution in [3.05, 3.63) is 0 Å². The first-order valence-electron chi connectivity index (χ1n) is 5.09. The first-order valence-corrected chi connectivity index (χ1v) is 6.25. The molecule has 2 nitrogen and oxygen atoms in total. The summed E-state index contributed by atoms with van der Waals surface area (Å²) in [6, 6.07) is 0. The highest BCUT2D eigenvalue weighted by Crippen LogP contribution is 2.42. The van der Waals surface area contributed by atoms with Crippen LogP contribution >= 0.6 is 11.8 Å². The average molecular weight is 200 g/mol. The molecular formula is C10H16O2S. The number of carbonyl (C=O) groups is 1. The van der Waals surface area contributed by atoms with E-state index in [2.05, 4.69) is 0 Å². The summed E-state index contributed by atoms with van der Waals surface area (Å²) >= 11 is 1.94. The Bertz CT molecular complexity index is 201. The fourth-order valence-electron chi connectivity index (χ4n) is 2.40. The first-order chi connectivity index (χ1) is 6.29. The Morgan fingerprint density at radius 3 is 2.62 bits per heavy atom. The van der Waals surface area contributed by atoms with E-state index in [4.69, 9.17) is 5.11 Å². The smallest absolute Gasteiger partial charge is 0.306 e. The lowest BCUT2D eigenvalue weighted by Gasteiger charge is -2.39. The number of carboxylic acids is 1. The zero-order valence-electron chi connectivity index (χ0n) is 7.74. The monoisotopic (exact) mass is 200 g/mol. The predicted molar refractivity (Wildman–Crippen MR) is 53.9 cm³/mol. The van der Waals surface area contributed by atoms with Crippen molar-refractivity contribution in [3.63, 3.8) is 0 Å². The van der Waals surface area contributed by atoms with Gasteiger partial charge in [-0.25, -0.2) is 0 Å². The summed E-state index contributed by atoms with van der Waals surface area (Å²) in [7, 11) is 0. The van der Waals surface area contributed by atoms with E-state index in [1.807, 2.05) is 11.8 Å². The summed E-state index contributed by atoms with van der Waals surface area (Å²) in [4.78, 5) is 11.0. The molecule has 0 radical (unpaired) electrons. The lowest BCUT2D eigenvalue weighted by Crippen LogP contribution is -2.37. The van der Waals surface area contributed by atoms with Gasteiger partial charge in [0.05, 0.1) is 5.92 Å². The van der Waals surface area contributed by atoms with E-state index in [9.17, 15) is 4.79 Å². The summed E-state index contributed by atoms with van der Waals surface area (Å²) < 4.78 is 0. The molecule has 1 heterocycles. The van der Waals surface area contributed by atoms with E-state index in [0.717, 1.165) is 23.8 Å². The minimum Gasteiger partial charge on any atom is -0.481 e. The van der Waals surface area contributed by atoms with Crippen LogP contribution in [-0.2, 0) is 4.79 Å². The van der Waals surface area contributed by atoms with Crippen LogP contribution in [0, 0.1) is 17.8 Å². The van der Waals surface area contributed by atoms with Crippen LogP contribution in [0.15, 0.2) is 0 Å². The van der Waals surface area contributed by atoms with Crippen LogP contribution in [0.2, 0.25) is 0 Å². The van der Waals surface area contributed by atoms with Gasteiger partial charge in [-0.3, -0.25) is 4.79 Å². The lowest BCUT2D eigenvalue weighted by atomic mass is 9.70. The standard InChI is InChI=1S/C10H16O2S/c11-10(12)8-4-5-13-6-9(8)7-2-1-3-7/h7-9H,1-6H2,(H,11,12). The van der Waals surface area contributed by atoms with Crippen LogP contribution in [0.1, 0.15) is 25.7 Å². The lowest BCUT2D eigenvalue weighted by molar-refractivity contribution is -0.144. The van der Waals surface area contributed by atoms with E-state index < -0.39 is 5.97 Å². The molecule has 1 aliphatic carbocycles. The van der Waals surface area contributed by atoms with Crippen molar-refractivity contribution in [3.8, 4) is 0 Å². The fraction of sp³-hybridized carbons (Fsp3) is 0.900. The Balaban J connectivity index is 1.99. The number of carboxylic acid groups (broad SMARTS) is 1. The van der Waals surface area contributed by atoms with Crippen molar-refractivity contribution in [2.24, 2.45) is 17.8 Å². The zero-order valence-corrected chi connectivity index (χ0v) is 8.55. The molecule has 2 aliphatic rings. The van der Waals surface area contributed by atoms with Gasteiger partial charge in [-0.2, -0.15) is 11.8 Å². The molecule has 0 aromatic carbocycles. The van der Waals surface area contributed by atoms with Crippen LogP contribution in [0.25, 0.3) is 0 Å². The second kappa shape index (κ2) is 3.91. The molecule has 0 amide bonds. The number of rotatable bonds is 2. The molecule has 0 aromatic heterocycles. The maximum Gasteiger partial charge on any atom is 0.306 e. The summed E-state index contributed by atoms with van der Waals surface area (Å²) in [6.07, 6.45) is 4.75. The van der Waals surface area contributed by atoms with Gasteiger partial charge in [0, 0.05) is 0 Å². The summed E-state index contributed by atoms with van der Waals surface area (Å²) in [5, 5.41) is 9.07. The SMILES string of the molecule is O=C(O)C1CCSCC1C1CCC1. The Morgan fingerprint density at radius 1 is 1.31 bits per heavy atom. The molecule has 1 N–H and O–H groups in total. The summed E-state index contributed by atoms with van der Waals surface area (Å²) in [5.74, 6) is 2.74. The van der Waals surface area contributed by atoms with Crippen LogP contribution < -0.4 is 0 Å². The van der Waals surface area contributed by atoms with Crippen molar-refractivity contribution < 1.29 is 9.90 Å². The van der Waals surface area contributed by atoms with E-state index in [0.29, 0.717) is 5.92 Å². The van der Waals surface area contributed by atoms with Crippen molar-refractivity contribution in [2.75, 3.05) is 11.5 Å². The third kappa shape index (κ3) is 1.85. The van der Waals surface area contributed by atoms with Gasteiger partial charge in [-0.1, -0.05) is 19.3 Å². The molecule has 1 aliphatic heterocycles. The predicted octanol–water partition coefficient (Wildman–Crippen LogP) is 2.24. The van der Waals surface area contributed by atoms with Gasteiger partial charge >= 0.3 is 5.97 Å². The number of thioether (sulfide) groups is 1. The van der Waals surface area contributed by atoms with Gasteiger partial charge in [0.1, 0.15) is 0 Å². The summed E-state index contributed by atoms with van der Waals surface area (Å²) in [5.41, 5.74) is 0. The molecule has 74 valence electrons. The van der Waals surface area contributed by atoms with Crippen molar-refractivity contribution in [1.29, 1.82) is 0 Å². The minimum absolute atomic E-state index is 0.0356. The Labute approximate surface area is 83.1 Å². The number of aliphatic carboxylic acids is 1. The molecule has 0 bridgehead atoms. The highest BCUT2D eigenvalue weighted by molar-refractivity contribution is 7.99. The Kier molecular flexibility index (Phi) is 2.82. The number of hydrogen-bond acceptors (Lipinski definition) is 2. The maximum atomic E-state index is 11.0. The van der Waals surface area contributed by atoms with Crippen molar-refractivity contribution in [1.82, 2.24) is 0 Å². The molecule has 0 spiro atoms. The molecule has 1 saturated carbocycles. The zero-order chi connectivity index (χ0) is 9.26. The second-order valence-electron chi connectivity index (χ2n) is 4.16. The molecule has 2 unspecified atom stereocenters. The quantitative estimate of drug-likeness (QED) is 0.742. The van der Waals surface area contributed by atoms with E-state index in [1.165, 1.54) is 19.3 Å². The molecule has 3 heteroatoms. The summed E-state index contributed by atoms with van der Waals surface area (Å²) in [6.45, 7) is 0. The van der Waals surface area contributed by atoms with Crippen LogP contribution in [-0.4, -0.2) is 22.6 Å². The first kappa shape index (κ1) is 9.38. The molecule has 2 rings (SSSR count). The average Bonchev–Trinajstić information content (AvgIpc) is 2.02. The van der Waals surface area contributed by atoms with Crippen LogP contribution in [0.3, 0.4) is 0 Å². The third-order valence-corrected chi connectivity index (χ3v) is 4.62. The molecule has 13 heavy (non-hydrogen) atoms. The molecule has 0 aromatic rings. The highest BCUT2D eigenvalue weighted by atomic mass is 32.2. The van der Waals surface area contributed by atoms with E-state index in [-0.39, 0.29) is 5.92 Å². The highest BCUT2D eigenvalue weighted by Gasteiger charge is 2.38. The van der Waals surface area contributed by atoms with Gasteiger partial charge in [0.15, 0.2) is 0 Å². The van der Waals surface area contributed by atoms with Gasteiger partial charge in [-0.15, -0.1) is 0 Å². The topological polar surface area (TPSA) is 37.3 Å². The normalized spacial score (nSPS) is 35.4. The van der Waals surface area contributed by atoms with Gasteiger partial charge < -0.3 is 5.11 Å². The van der Waals surface area contributed by atoms with E-state index in [1.54, 1.807) is 0 Å². The van der Waals surface area contributed by atoms with Crippen LogP contribution in [0.4, 0.5) is 0 Å². The van der Waals surface area contributed by atoms with Gasteiger partial charge in [-0.05, 0) is 29.8 Å². The Morgan fingerprint density at radius 2 is 2.08 bits per heavy atom. The molecular weight excluding hydrogens is 184 g/mol. The number of hydrogen-bond donors (Lipinski definition) is 1. The fourth-order valence-corrected chi connectivity index (χ4v) is 3.76. The van der Waals surface area contributed by atoms with Crippen molar-refractivity contribution >= 4 is 17.7 Å². The minimum atomic E-state index is -0.558.